The van der Waals surface area contributed by atoms with Gasteiger partial charge in [0.2, 0.25) is 0 Å². The number of benzene rings is 1. The van der Waals surface area contributed by atoms with Crippen molar-refractivity contribution in [2.45, 2.75) is 19.4 Å². The quantitative estimate of drug-likeness (QED) is 0.761. The molecule has 3 nitrogen and oxygen atoms in total. The van der Waals surface area contributed by atoms with E-state index < -0.39 is 5.54 Å². The third-order valence-electron chi connectivity index (χ3n) is 2.35. The van der Waals surface area contributed by atoms with Crippen molar-refractivity contribution in [3.05, 3.63) is 29.3 Å². The van der Waals surface area contributed by atoms with Crippen LogP contribution in [0.15, 0.2) is 18.2 Å². The summed E-state index contributed by atoms with van der Waals surface area (Å²) in [4.78, 5) is 0. The topological polar surface area (TPSA) is 55.5 Å². The molecule has 3 N–H and O–H groups in total. The summed E-state index contributed by atoms with van der Waals surface area (Å²) in [7, 11) is 1.60. The van der Waals surface area contributed by atoms with E-state index in [0.29, 0.717) is 0 Å². The molecule has 1 aromatic carbocycles. The van der Waals surface area contributed by atoms with Crippen LogP contribution in [0.25, 0.3) is 0 Å². The number of aliphatic hydroxyl groups excluding tert-OH is 1. The van der Waals surface area contributed by atoms with Gasteiger partial charge in [-0.25, -0.2) is 0 Å². The molecule has 0 spiro atoms. The van der Waals surface area contributed by atoms with Gasteiger partial charge >= 0.3 is 0 Å². The highest BCUT2D eigenvalue weighted by Gasteiger charge is 2.25. The Bertz CT molecular complexity index is 321. The molecule has 0 aromatic heterocycles. The van der Waals surface area contributed by atoms with Crippen molar-refractivity contribution < 1.29 is 9.84 Å². The summed E-state index contributed by atoms with van der Waals surface area (Å²) in [6.07, 6.45) is 0. The molecule has 0 radical (unpaired) electrons. The van der Waals surface area contributed by atoms with Crippen LogP contribution in [0.3, 0.4) is 0 Å². The van der Waals surface area contributed by atoms with Crippen LogP contribution in [-0.2, 0) is 5.54 Å². The largest absolute Gasteiger partial charge is 0.496 e. The lowest BCUT2D eigenvalue weighted by molar-refractivity contribution is 0.206. The van der Waals surface area contributed by atoms with Crippen LogP contribution < -0.4 is 10.5 Å². The van der Waals surface area contributed by atoms with Gasteiger partial charge in [0, 0.05) is 5.56 Å². The molecule has 0 heterocycles. The van der Waals surface area contributed by atoms with Crippen molar-refractivity contribution in [3.8, 4) is 5.75 Å². The number of aryl methyl sites for hydroxylation is 1. The first kappa shape index (κ1) is 11.0. The molecule has 0 amide bonds. The van der Waals surface area contributed by atoms with E-state index in [0.717, 1.165) is 16.9 Å². The van der Waals surface area contributed by atoms with Gasteiger partial charge in [-0.1, -0.05) is 12.1 Å². The van der Waals surface area contributed by atoms with E-state index in [1.165, 1.54) is 0 Å². The van der Waals surface area contributed by atoms with Gasteiger partial charge in [-0.2, -0.15) is 0 Å². The van der Waals surface area contributed by atoms with Gasteiger partial charge in [-0.15, -0.1) is 0 Å². The molecule has 0 bridgehead atoms. The van der Waals surface area contributed by atoms with Crippen LogP contribution in [0.5, 0.6) is 5.75 Å². The lowest BCUT2D eigenvalue weighted by Gasteiger charge is -2.26. The molecule has 0 fully saturated rings. The predicted octanol–water partition coefficient (Wildman–Crippen LogP) is 1.17. The summed E-state index contributed by atoms with van der Waals surface area (Å²) in [6.45, 7) is 3.64. The maximum absolute atomic E-state index is 9.21. The molecule has 0 aliphatic heterocycles. The van der Waals surface area contributed by atoms with Crippen molar-refractivity contribution in [2.24, 2.45) is 5.73 Å². The molecule has 0 aliphatic rings. The monoisotopic (exact) mass is 195 g/mol. The van der Waals surface area contributed by atoms with Gasteiger partial charge in [-0.3, -0.25) is 0 Å². The Morgan fingerprint density at radius 1 is 1.50 bits per heavy atom. The van der Waals surface area contributed by atoms with E-state index in [4.69, 9.17) is 10.5 Å². The molecule has 1 atom stereocenters. The van der Waals surface area contributed by atoms with Crippen molar-refractivity contribution in [1.82, 2.24) is 0 Å². The Kier molecular flexibility index (Phi) is 3.13. The highest BCUT2D eigenvalue weighted by molar-refractivity contribution is 5.44. The lowest BCUT2D eigenvalue weighted by Crippen LogP contribution is -2.38. The van der Waals surface area contributed by atoms with E-state index >= 15 is 0 Å². The minimum absolute atomic E-state index is 0.103. The molecule has 0 aliphatic carbocycles. The summed E-state index contributed by atoms with van der Waals surface area (Å²) in [6, 6.07) is 5.72. The van der Waals surface area contributed by atoms with Gasteiger partial charge in [0.1, 0.15) is 5.75 Å². The first-order valence-corrected chi connectivity index (χ1v) is 4.56. The van der Waals surface area contributed by atoms with E-state index in [9.17, 15) is 5.11 Å². The summed E-state index contributed by atoms with van der Waals surface area (Å²) >= 11 is 0. The maximum Gasteiger partial charge on any atom is 0.124 e. The SMILES string of the molecule is COc1cccc(C)c1[C@@](C)(N)CO. The van der Waals surface area contributed by atoms with Crippen molar-refractivity contribution >= 4 is 0 Å². The van der Waals surface area contributed by atoms with E-state index in [1.54, 1.807) is 14.0 Å². The Hall–Kier alpha value is -1.06. The first-order chi connectivity index (χ1) is 6.53. The van der Waals surface area contributed by atoms with E-state index in [2.05, 4.69) is 0 Å². The van der Waals surface area contributed by atoms with Gasteiger partial charge in [0.05, 0.1) is 19.3 Å². The number of methoxy groups -OCH3 is 1. The Morgan fingerprint density at radius 3 is 2.64 bits per heavy atom. The van der Waals surface area contributed by atoms with Crippen molar-refractivity contribution in [1.29, 1.82) is 0 Å². The first-order valence-electron chi connectivity index (χ1n) is 4.56. The Labute approximate surface area is 84.5 Å². The average molecular weight is 195 g/mol. The van der Waals surface area contributed by atoms with Gasteiger partial charge < -0.3 is 15.6 Å². The molecule has 0 saturated carbocycles. The van der Waals surface area contributed by atoms with Crippen LogP contribution >= 0.6 is 0 Å². The fourth-order valence-electron chi connectivity index (χ4n) is 1.62. The van der Waals surface area contributed by atoms with Crippen molar-refractivity contribution in [2.75, 3.05) is 13.7 Å². The second-order valence-electron chi connectivity index (χ2n) is 3.73. The minimum atomic E-state index is -0.753. The van der Waals surface area contributed by atoms with E-state index in [1.807, 2.05) is 25.1 Å². The highest BCUT2D eigenvalue weighted by Crippen LogP contribution is 2.30. The van der Waals surface area contributed by atoms with Crippen LogP contribution in [0.4, 0.5) is 0 Å². The van der Waals surface area contributed by atoms with Crippen LogP contribution in [0, 0.1) is 6.92 Å². The van der Waals surface area contributed by atoms with Gasteiger partial charge in [-0.05, 0) is 25.5 Å². The Morgan fingerprint density at radius 2 is 2.14 bits per heavy atom. The third kappa shape index (κ3) is 1.89. The number of ether oxygens (including phenoxy) is 1. The Balaban J connectivity index is 3.30. The lowest BCUT2D eigenvalue weighted by atomic mass is 9.89. The molecular weight excluding hydrogens is 178 g/mol. The van der Waals surface area contributed by atoms with Crippen molar-refractivity contribution in [3.63, 3.8) is 0 Å². The number of nitrogens with two attached hydrogens (primary N) is 1. The van der Waals surface area contributed by atoms with Crippen LogP contribution in [0.2, 0.25) is 0 Å². The average Bonchev–Trinajstić information content (AvgIpc) is 2.17. The van der Waals surface area contributed by atoms with Crippen LogP contribution in [-0.4, -0.2) is 18.8 Å². The molecule has 1 aromatic rings. The second-order valence-corrected chi connectivity index (χ2v) is 3.73. The summed E-state index contributed by atoms with van der Waals surface area (Å²) in [5.41, 5.74) is 7.13. The second kappa shape index (κ2) is 3.98. The molecule has 14 heavy (non-hydrogen) atoms. The fourth-order valence-corrected chi connectivity index (χ4v) is 1.62. The van der Waals surface area contributed by atoms with Gasteiger partial charge in [0.15, 0.2) is 0 Å². The smallest absolute Gasteiger partial charge is 0.124 e. The molecule has 1 rings (SSSR count). The third-order valence-corrected chi connectivity index (χ3v) is 2.35. The number of hydrogen-bond donors (Lipinski definition) is 2. The molecular formula is C11H17NO2. The van der Waals surface area contributed by atoms with E-state index in [-0.39, 0.29) is 6.61 Å². The number of rotatable bonds is 3. The molecule has 0 unspecified atom stereocenters. The standard InChI is InChI=1S/C11H17NO2/c1-8-5-4-6-9(14-3)10(8)11(2,12)7-13/h4-6,13H,7,12H2,1-3H3/t11-/m0/s1. The molecule has 3 heteroatoms. The summed E-state index contributed by atoms with van der Waals surface area (Å²) in [5, 5.41) is 9.21. The number of aliphatic hydroxyl groups is 1. The zero-order valence-electron chi connectivity index (χ0n) is 8.87. The normalized spacial score (nSPS) is 14.9. The molecule has 0 saturated heterocycles. The van der Waals surface area contributed by atoms with Gasteiger partial charge in [0.25, 0.3) is 0 Å². The van der Waals surface area contributed by atoms with Crippen LogP contribution in [0.1, 0.15) is 18.1 Å². The summed E-state index contributed by atoms with van der Waals surface area (Å²) < 4.78 is 5.22. The maximum atomic E-state index is 9.21. The highest BCUT2D eigenvalue weighted by atomic mass is 16.5. The zero-order valence-corrected chi connectivity index (χ0v) is 8.87. The minimum Gasteiger partial charge on any atom is -0.496 e. The summed E-state index contributed by atoms with van der Waals surface area (Å²) in [5.74, 6) is 0.726. The fraction of sp³-hybridized carbons (Fsp3) is 0.455. The molecule has 78 valence electrons. The predicted molar refractivity (Wildman–Crippen MR) is 56.4 cm³/mol. The number of hydrogen-bond acceptors (Lipinski definition) is 3. The zero-order chi connectivity index (χ0) is 10.8.